The molecule has 3 heteroatoms. The molecule has 0 aliphatic heterocycles. The number of fused-ring (bicyclic) bond motifs is 6. The second-order valence-corrected chi connectivity index (χ2v) is 10.2. The van der Waals surface area contributed by atoms with Crippen LogP contribution in [0.1, 0.15) is 92.7 Å². The number of ether oxygens (including phenoxy) is 1. The summed E-state index contributed by atoms with van der Waals surface area (Å²) in [7, 11) is 0. The molecule has 3 nitrogen and oxygen atoms in total. The highest BCUT2D eigenvalue weighted by molar-refractivity contribution is 5.81. The van der Waals surface area contributed by atoms with Gasteiger partial charge in [0.1, 0.15) is 17.3 Å². The van der Waals surface area contributed by atoms with E-state index in [4.69, 9.17) is 4.74 Å². The third-order valence-electron chi connectivity index (χ3n) is 8.25. The van der Waals surface area contributed by atoms with Gasteiger partial charge in [-0.1, -0.05) is 43.2 Å². The van der Waals surface area contributed by atoms with E-state index in [0.717, 1.165) is 43.4 Å². The molecule has 5 rings (SSSR count). The van der Waals surface area contributed by atoms with Crippen LogP contribution in [0.25, 0.3) is 0 Å². The number of aromatic hydroxyl groups is 1. The van der Waals surface area contributed by atoms with E-state index in [1.165, 1.54) is 43.2 Å². The average molecular weight is 433 g/mol. The van der Waals surface area contributed by atoms with Crippen LogP contribution in [0.4, 0.5) is 0 Å². The summed E-state index contributed by atoms with van der Waals surface area (Å²) in [6.07, 6.45) is 11.8. The molecule has 4 atom stereocenters. The number of carbonyl (C=O) groups excluding carboxylic acids is 1. The molecule has 2 aromatic carbocycles. The number of phenols is 1. The van der Waals surface area contributed by atoms with Crippen LogP contribution in [0.3, 0.4) is 0 Å². The van der Waals surface area contributed by atoms with E-state index in [2.05, 4.69) is 36.4 Å². The van der Waals surface area contributed by atoms with Crippen LogP contribution in [-0.4, -0.2) is 17.5 Å². The lowest BCUT2D eigenvalue weighted by Crippen LogP contribution is -2.38. The van der Waals surface area contributed by atoms with Crippen molar-refractivity contribution in [1.29, 1.82) is 0 Å². The normalized spacial score (nSPS) is 26.7. The Balaban J connectivity index is 1.25. The van der Waals surface area contributed by atoms with Gasteiger partial charge in [-0.05, 0) is 85.8 Å². The third-order valence-corrected chi connectivity index (χ3v) is 8.25. The molecule has 3 aliphatic rings. The number of carbonyl (C=O) groups is 1. The Bertz CT molecular complexity index is 935. The number of phenolic OH excluding ortho intramolecular Hbond substituents is 1. The zero-order valence-electron chi connectivity index (χ0n) is 19.1. The SMILES string of the molecule is O=C1CCC2C(C1)c1c(O)cc(OCCCCCc3ccccc3)cc1C1CCCCC12. The number of unbranched alkanes of at least 4 members (excludes halogenated alkanes) is 2. The van der Waals surface area contributed by atoms with E-state index < -0.39 is 0 Å². The third kappa shape index (κ3) is 4.44. The standard InChI is InChI=1S/C29H36O3/c30-21-14-15-25-23-12-6-7-13-24(23)27-18-22(19-28(31)29(27)26(25)17-21)32-16-8-2-5-11-20-9-3-1-4-10-20/h1,3-4,9-10,18-19,23-26,31H,2,5-8,11-17H2. The lowest BCUT2D eigenvalue weighted by atomic mass is 9.55. The van der Waals surface area contributed by atoms with Crippen molar-refractivity contribution in [1.82, 2.24) is 0 Å². The highest BCUT2D eigenvalue weighted by Crippen LogP contribution is 2.58. The number of ketones is 1. The highest BCUT2D eigenvalue weighted by atomic mass is 16.5. The number of rotatable bonds is 7. The number of benzene rings is 2. The molecular formula is C29H36O3. The molecule has 2 fully saturated rings. The fourth-order valence-electron chi connectivity index (χ4n) is 6.78. The molecule has 0 spiro atoms. The summed E-state index contributed by atoms with van der Waals surface area (Å²) in [4.78, 5) is 12.3. The van der Waals surface area contributed by atoms with E-state index in [0.29, 0.717) is 42.3 Å². The van der Waals surface area contributed by atoms with Crippen LogP contribution < -0.4 is 4.74 Å². The van der Waals surface area contributed by atoms with E-state index in [1.54, 1.807) is 0 Å². The lowest BCUT2D eigenvalue weighted by molar-refractivity contribution is -0.122. The highest BCUT2D eigenvalue weighted by Gasteiger charge is 2.46. The van der Waals surface area contributed by atoms with Gasteiger partial charge >= 0.3 is 0 Å². The minimum Gasteiger partial charge on any atom is -0.508 e. The van der Waals surface area contributed by atoms with Crippen molar-refractivity contribution in [2.75, 3.05) is 6.61 Å². The quantitative estimate of drug-likeness (QED) is 0.483. The predicted molar refractivity (Wildman–Crippen MR) is 127 cm³/mol. The van der Waals surface area contributed by atoms with Gasteiger partial charge in [0.2, 0.25) is 0 Å². The average Bonchev–Trinajstić information content (AvgIpc) is 2.81. The largest absolute Gasteiger partial charge is 0.508 e. The van der Waals surface area contributed by atoms with Crippen LogP contribution >= 0.6 is 0 Å². The summed E-state index contributed by atoms with van der Waals surface area (Å²) < 4.78 is 6.12. The fraction of sp³-hybridized carbons (Fsp3) is 0.552. The Kier molecular flexibility index (Phi) is 6.52. The van der Waals surface area contributed by atoms with E-state index >= 15 is 0 Å². The summed E-state index contributed by atoms with van der Waals surface area (Å²) in [6, 6.07) is 14.7. The van der Waals surface area contributed by atoms with E-state index in [9.17, 15) is 9.90 Å². The van der Waals surface area contributed by atoms with Gasteiger partial charge < -0.3 is 9.84 Å². The van der Waals surface area contributed by atoms with Gasteiger partial charge in [-0.25, -0.2) is 0 Å². The number of hydrogen-bond acceptors (Lipinski definition) is 3. The van der Waals surface area contributed by atoms with Gasteiger partial charge in [0.25, 0.3) is 0 Å². The molecule has 2 aromatic rings. The maximum absolute atomic E-state index is 12.3. The van der Waals surface area contributed by atoms with Crippen molar-refractivity contribution in [3.63, 3.8) is 0 Å². The van der Waals surface area contributed by atoms with Gasteiger partial charge in [0, 0.05) is 24.5 Å². The van der Waals surface area contributed by atoms with Gasteiger partial charge in [-0.2, -0.15) is 0 Å². The summed E-state index contributed by atoms with van der Waals surface area (Å²) in [6.45, 7) is 0.686. The summed E-state index contributed by atoms with van der Waals surface area (Å²) in [5, 5.41) is 11.0. The molecule has 0 saturated heterocycles. The van der Waals surface area contributed by atoms with Gasteiger partial charge in [-0.15, -0.1) is 0 Å². The maximum Gasteiger partial charge on any atom is 0.133 e. The Morgan fingerprint density at radius 1 is 0.906 bits per heavy atom. The first-order valence-electron chi connectivity index (χ1n) is 12.8. The van der Waals surface area contributed by atoms with E-state index in [-0.39, 0.29) is 5.92 Å². The van der Waals surface area contributed by atoms with Crippen LogP contribution in [0.5, 0.6) is 11.5 Å². The molecule has 1 N–H and O–H groups in total. The first-order valence-corrected chi connectivity index (χ1v) is 12.8. The molecule has 170 valence electrons. The van der Waals surface area contributed by atoms with Crippen molar-refractivity contribution in [2.24, 2.45) is 11.8 Å². The van der Waals surface area contributed by atoms with Crippen molar-refractivity contribution >= 4 is 5.78 Å². The monoisotopic (exact) mass is 432 g/mol. The van der Waals surface area contributed by atoms with Gasteiger partial charge in [0.15, 0.2) is 0 Å². The number of Topliss-reactive ketones (excluding diaryl/α,β-unsaturated/α-hetero) is 1. The molecule has 2 saturated carbocycles. The zero-order chi connectivity index (χ0) is 21.9. The Hall–Kier alpha value is -2.29. The summed E-state index contributed by atoms with van der Waals surface area (Å²) in [5.41, 5.74) is 3.75. The van der Waals surface area contributed by atoms with Gasteiger partial charge in [-0.3, -0.25) is 4.79 Å². The first-order chi connectivity index (χ1) is 15.7. The van der Waals surface area contributed by atoms with Crippen LogP contribution in [0, 0.1) is 11.8 Å². The molecule has 32 heavy (non-hydrogen) atoms. The lowest BCUT2D eigenvalue weighted by Gasteiger charge is -2.48. The maximum atomic E-state index is 12.3. The Labute approximate surface area is 192 Å². The Morgan fingerprint density at radius 3 is 2.59 bits per heavy atom. The molecule has 4 unspecified atom stereocenters. The zero-order valence-corrected chi connectivity index (χ0v) is 19.1. The fourth-order valence-corrected chi connectivity index (χ4v) is 6.78. The van der Waals surface area contributed by atoms with Crippen LogP contribution in [-0.2, 0) is 11.2 Å². The Morgan fingerprint density at radius 2 is 1.72 bits per heavy atom. The van der Waals surface area contributed by atoms with Gasteiger partial charge in [0.05, 0.1) is 6.61 Å². The molecule has 0 radical (unpaired) electrons. The molecule has 0 bridgehead atoms. The first kappa shape index (κ1) is 21.6. The molecule has 0 aromatic heterocycles. The molecular weight excluding hydrogens is 396 g/mol. The van der Waals surface area contributed by atoms with Crippen molar-refractivity contribution in [3.8, 4) is 11.5 Å². The second-order valence-electron chi connectivity index (χ2n) is 10.2. The minimum absolute atomic E-state index is 0.206. The minimum atomic E-state index is 0.206. The van der Waals surface area contributed by atoms with Crippen LogP contribution in [0.2, 0.25) is 0 Å². The number of aryl methyl sites for hydroxylation is 1. The van der Waals surface area contributed by atoms with Crippen molar-refractivity contribution in [2.45, 2.75) is 82.5 Å². The molecule has 0 heterocycles. The topological polar surface area (TPSA) is 46.5 Å². The van der Waals surface area contributed by atoms with E-state index in [1.807, 2.05) is 6.07 Å². The molecule has 0 amide bonds. The smallest absolute Gasteiger partial charge is 0.133 e. The summed E-state index contributed by atoms with van der Waals surface area (Å²) >= 11 is 0. The second kappa shape index (κ2) is 9.68. The molecule has 3 aliphatic carbocycles. The summed E-state index contributed by atoms with van der Waals surface area (Å²) in [5.74, 6) is 3.48. The van der Waals surface area contributed by atoms with Crippen molar-refractivity contribution < 1.29 is 14.6 Å². The van der Waals surface area contributed by atoms with Crippen LogP contribution in [0.15, 0.2) is 42.5 Å². The number of hydrogen-bond donors (Lipinski definition) is 1. The van der Waals surface area contributed by atoms with Crippen molar-refractivity contribution in [3.05, 3.63) is 59.2 Å². The predicted octanol–water partition coefficient (Wildman–Crippen LogP) is 6.92.